The summed E-state index contributed by atoms with van der Waals surface area (Å²) in [5.74, 6) is 3.20. The molecule has 2 aromatic rings. The molecule has 0 aromatic heterocycles. The van der Waals surface area contributed by atoms with Crippen molar-refractivity contribution in [2.24, 2.45) is 11.8 Å². The van der Waals surface area contributed by atoms with Crippen LogP contribution in [-0.2, 0) is 17.6 Å². The summed E-state index contributed by atoms with van der Waals surface area (Å²) in [6.07, 6.45) is 0.553. The van der Waals surface area contributed by atoms with Gasteiger partial charge in [0, 0.05) is 5.92 Å². The van der Waals surface area contributed by atoms with E-state index in [1.54, 1.807) is 35.5 Å². The Morgan fingerprint density at radius 2 is 1.37 bits per heavy atom. The average molecular weight is 418 g/mol. The van der Waals surface area contributed by atoms with E-state index < -0.39 is 6.29 Å². The molecule has 1 N–H and O–H groups in total. The molecule has 1 aliphatic heterocycles. The number of aliphatic hydroxyl groups excluding tert-OH is 1. The third-order valence-electron chi connectivity index (χ3n) is 5.59. The smallest absolute Gasteiger partial charge is 0.203 e. The van der Waals surface area contributed by atoms with Crippen LogP contribution in [0.2, 0.25) is 0 Å². The Bertz CT molecular complexity index is 826. The minimum Gasteiger partial charge on any atom is -0.493 e. The summed E-state index contributed by atoms with van der Waals surface area (Å²) in [4.78, 5) is 0. The quantitative estimate of drug-likeness (QED) is 0.671. The number of rotatable bonds is 9. The number of hydrogen-bond donors (Lipinski definition) is 1. The van der Waals surface area contributed by atoms with Crippen LogP contribution in [0, 0.1) is 11.8 Å². The molecule has 1 aliphatic rings. The molecular formula is C23H30O7. The number of methoxy groups -OCH3 is 5. The van der Waals surface area contributed by atoms with Crippen LogP contribution in [0.4, 0.5) is 0 Å². The maximum Gasteiger partial charge on any atom is 0.203 e. The summed E-state index contributed by atoms with van der Waals surface area (Å²) in [6, 6.07) is 9.72. The summed E-state index contributed by atoms with van der Waals surface area (Å²) >= 11 is 0. The largest absolute Gasteiger partial charge is 0.493 e. The molecule has 1 fully saturated rings. The molecule has 2 aromatic carbocycles. The second kappa shape index (κ2) is 9.91. The van der Waals surface area contributed by atoms with E-state index in [2.05, 4.69) is 0 Å². The van der Waals surface area contributed by atoms with Gasteiger partial charge in [0.25, 0.3) is 0 Å². The Morgan fingerprint density at radius 3 is 1.93 bits per heavy atom. The molecule has 7 heteroatoms. The number of benzene rings is 2. The summed E-state index contributed by atoms with van der Waals surface area (Å²) in [5.41, 5.74) is 2.08. The Labute approximate surface area is 177 Å². The summed E-state index contributed by atoms with van der Waals surface area (Å²) in [7, 11) is 8.00. The van der Waals surface area contributed by atoms with Gasteiger partial charge in [0.15, 0.2) is 29.3 Å². The summed E-state index contributed by atoms with van der Waals surface area (Å²) < 4.78 is 32.6. The van der Waals surface area contributed by atoms with E-state index in [0.29, 0.717) is 41.8 Å². The van der Waals surface area contributed by atoms with Gasteiger partial charge in [-0.25, -0.2) is 0 Å². The summed E-state index contributed by atoms with van der Waals surface area (Å²) in [5, 5.41) is 10.5. The minimum atomic E-state index is -0.825. The van der Waals surface area contributed by atoms with Crippen molar-refractivity contribution in [1.29, 1.82) is 0 Å². The molecule has 7 nitrogen and oxygen atoms in total. The molecule has 0 amide bonds. The highest BCUT2D eigenvalue weighted by Crippen LogP contribution is 2.40. The van der Waals surface area contributed by atoms with Gasteiger partial charge in [0.2, 0.25) is 5.75 Å². The van der Waals surface area contributed by atoms with Gasteiger partial charge in [-0.05, 0) is 54.2 Å². The number of ether oxygens (including phenoxy) is 6. The SMILES string of the molecule is COc1ccc(C[C@H]2COC(O)[C@@H]2Cc2cc(OC)c(OC)c(OC)c2)cc1OC. The second-order valence-corrected chi connectivity index (χ2v) is 7.28. The molecule has 0 radical (unpaired) electrons. The molecular weight excluding hydrogens is 388 g/mol. The van der Waals surface area contributed by atoms with E-state index in [9.17, 15) is 5.11 Å². The molecule has 0 spiro atoms. The first-order chi connectivity index (χ1) is 14.5. The van der Waals surface area contributed by atoms with Crippen LogP contribution >= 0.6 is 0 Å². The first-order valence-electron chi connectivity index (χ1n) is 9.84. The second-order valence-electron chi connectivity index (χ2n) is 7.28. The van der Waals surface area contributed by atoms with Gasteiger partial charge in [0.1, 0.15) is 0 Å². The Hall–Kier alpha value is -2.64. The van der Waals surface area contributed by atoms with Gasteiger partial charge in [-0.2, -0.15) is 0 Å². The summed E-state index contributed by atoms with van der Waals surface area (Å²) in [6.45, 7) is 0.491. The van der Waals surface area contributed by atoms with Crippen molar-refractivity contribution < 1.29 is 33.5 Å². The van der Waals surface area contributed by atoms with Crippen LogP contribution in [0.3, 0.4) is 0 Å². The van der Waals surface area contributed by atoms with Gasteiger partial charge in [-0.15, -0.1) is 0 Å². The van der Waals surface area contributed by atoms with Crippen LogP contribution in [-0.4, -0.2) is 53.6 Å². The predicted octanol–water partition coefficient (Wildman–Crippen LogP) is 3.10. The zero-order valence-electron chi connectivity index (χ0n) is 18.1. The van der Waals surface area contributed by atoms with E-state index >= 15 is 0 Å². The van der Waals surface area contributed by atoms with Gasteiger partial charge in [0.05, 0.1) is 42.2 Å². The fraction of sp³-hybridized carbons (Fsp3) is 0.478. The third-order valence-corrected chi connectivity index (χ3v) is 5.59. The maximum absolute atomic E-state index is 10.5. The zero-order valence-corrected chi connectivity index (χ0v) is 18.1. The highest BCUT2D eigenvalue weighted by Gasteiger charge is 2.36. The average Bonchev–Trinajstić information content (AvgIpc) is 3.11. The normalized spacial score (nSPS) is 20.7. The molecule has 0 bridgehead atoms. The molecule has 1 heterocycles. The fourth-order valence-electron chi connectivity index (χ4n) is 4.02. The highest BCUT2D eigenvalue weighted by atomic mass is 16.6. The standard InChI is InChI=1S/C23H30O7/c1-25-18-7-6-14(10-19(18)26-2)8-16-13-30-23(24)17(16)9-15-11-20(27-3)22(29-5)21(12-15)28-4/h6-7,10-12,16-17,23-24H,8-9,13H2,1-5H3/t16-,17+,23?/m0/s1. The topological polar surface area (TPSA) is 75.6 Å². The maximum atomic E-state index is 10.5. The molecule has 1 unspecified atom stereocenters. The van der Waals surface area contributed by atoms with Crippen molar-refractivity contribution in [2.75, 3.05) is 42.2 Å². The van der Waals surface area contributed by atoms with Crippen molar-refractivity contribution in [2.45, 2.75) is 19.1 Å². The van der Waals surface area contributed by atoms with E-state index in [0.717, 1.165) is 17.5 Å². The molecule has 164 valence electrons. The van der Waals surface area contributed by atoms with Crippen LogP contribution in [0.1, 0.15) is 11.1 Å². The van der Waals surface area contributed by atoms with Crippen LogP contribution in [0.25, 0.3) is 0 Å². The lowest BCUT2D eigenvalue weighted by Crippen LogP contribution is -2.24. The van der Waals surface area contributed by atoms with Crippen molar-refractivity contribution in [3.63, 3.8) is 0 Å². The Kier molecular flexibility index (Phi) is 7.29. The van der Waals surface area contributed by atoms with E-state index in [1.165, 1.54) is 0 Å². The lowest BCUT2D eigenvalue weighted by atomic mass is 9.84. The first kappa shape index (κ1) is 22.1. The minimum absolute atomic E-state index is 0.0686. The lowest BCUT2D eigenvalue weighted by molar-refractivity contribution is -0.0820. The molecule has 3 atom stereocenters. The number of aliphatic hydroxyl groups is 1. The van der Waals surface area contributed by atoms with Gasteiger partial charge < -0.3 is 33.5 Å². The van der Waals surface area contributed by atoms with Crippen LogP contribution in [0.5, 0.6) is 28.7 Å². The van der Waals surface area contributed by atoms with E-state index in [4.69, 9.17) is 28.4 Å². The molecule has 1 saturated heterocycles. The Morgan fingerprint density at radius 1 is 0.767 bits per heavy atom. The number of hydrogen-bond acceptors (Lipinski definition) is 7. The van der Waals surface area contributed by atoms with Gasteiger partial charge >= 0.3 is 0 Å². The van der Waals surface area contributed by atoms with Crippen molar-refractivity contribution in [3.8, 4) is 28.7 Å². The molecule has 0 aliphatic carbocycles. The molecule has 30 heavy (non-hydrogen) atoms. The molecule has 0 saturated carbocycles. The highest BCUT2D eigenvalue weighted by molar-refractivity contribution is 5.54. The monoisotopic (exact) mass is 418 g/mol. The third kappa shape index (κ3) is 4.57. The van der Waals surface area contributed by atoms with E-state index in [1.807, 2.05) is 30.3 Å². The van der Waals surface area contributed by atoms with Crippen molar-refractivity contribution >= 4 is 0 Å². The van der Waals surface area contributed by atoms with Gasteiger partial charge in [-0.3, -0.25) is 0 Å². The predicted molar refractivity (Wildman–Crippen MR) is 112 cm³/mol. The van der Waals surface area contributed by atoms with Gasteiger partial charge in [-0.1, -0.05) is 6.07 Å². The molecule has 3 rings (SSSR count). The lowest BCUT2D eigenvalue weighted by Gasteiger charge is -2.22. The first-order valence-corrected chi connectivity index (χ1v) is 9.84. The van der Waals surface area contributed by atoms with Crippen LogP contribution in [0.15, 0.2) is 30.3 Å². The Balaban J connectivity index is 1.81. The van der Waals surface area contributed by atoms with E-state index in [-0.39, 0.29) is 11.8 Å². The van der Waals surface area contributed by atoms with Crippen molar-refractivity contribution in [1.82, 2.24) is 0 Å². The zero-order chi connectivity index (χ0) is 21.7. The van der Waals surface area contributed by atoms with Crippen LogP contribution < -0.4 is 23.7 Å². The fourth-order valence-corrected chi connectivity index (χ4v) is 4.02. The van der Waals surface area contributed by atoms with Crippen molar-refractivity contribution in [3.05, 3.63) is 41.5 Å².